The van der Waals surface area contributed by atoms with Gasteiger partial charge in [-0.25, -0.2) is 18.0 Å². The van der Waals surface area contributed by atoms with E-state index in [1.165, 1.54) is 6.07 Å². The largest absolute Gasteiger partial charge is 0.463 e. The lowest BCUT2D eigenvalue weighted by Gasteiger charge is -2.07. The van der Waals surface area contributed by atoms with Crippen LogP contribution in [0.1, 0.15) is 6.92 Å². The minimum absolute atomic E-state index is 0.0671. The van der Waals surface area contributed by atoms with Crippen LogP contribution >= 0.6 is 11.8 Å². The van der Waals surface area contributed by atoms with Crippen LogP contribution < -0.4 is 0 Å². The number of benzene rings is 1. The molecule has 1 unspecified atom stereocenters. The van der Waals surface area contributed by atoms with Crippen LogP contribution in [0.4, 0.5) is 13.2 Å². The van der Waals surface area contributed by atoms with Crippen LogP contribution in [0.25, 0.3) is 0 Å². The molecule has 16 heavy (non-hydrogen) atoms. The predicted molar refractivity (Wildman–Crippen MR) is 53.7 cm³/mol. The Labute approximate surface area is 94.8 Å². The Morgan fingerprint density at radius 1 is 1.44 bits per heavy atom. The number of carbonyl (C=O) groups is 1. The summed E-state index contributed by atoms with van der Waals surface area (Å²) >= 11 is 0.467. The lowest BCUT2D eigenvalue weighted by Crippen LogP contribution is -2.15. The molecular weight excluding hydrogens is 241 g/mol. The Morgan fingerprint density at radius 2 is 2.12 bits per heavy atom. The van der Waals surface area contributed by atoms with Crippen molar-refractivity contribution in [3.8, 4) is 0 Å². The second-order valence-electron chi connectivity index (χ2n) is 2.76. The summed E-state index contributed by atoms with van der Waals surface area (Å²) in [6.45, 7) is 1.62. The Hall–Kier alpha value is -1.17. The summed E-state index contributed by atoms with van der Waals surface area (Å²) in [5, 5.41) is 0. The van der Waals surface area contributed by atoms with E-state index >= 15 is 0 Å². The number of alkyl halides is 1. The third-order valence-electron chi connectivity index (χ3n) is 1.60. The van der Waals surface area contributed by atoms with Gasteiger partial charge in [-0.3, -0.25) is 0 Å². The van der Waals surface area contributed by atoms with Gasteiger partial charge in [-0.15, -0.1) is 0 Å². The van der Waals surface area contributed by atoms with Crippen LogP contribution in [-0.2, 0) is 9.53 Å². The third kappa shape index (κ3) is 3.44. The number of carbonyl (C=O) groups excluding carboxylic acids is 1. The maximum Gasteiger partial charge on any atom is 0.351 e. The van der Waals surface area contributed by atoms with E-state index in [0.717, 1.165) is 12.1 Å². The fraction of sp³-hybridized carbons (Fsp3) is 0.300. The fourth-order valence-corrected chi connectivity index (χ4v) is 1.65. The van der Waals surface area contributed by atoms with Crippen molar-refractivity contribution in [3.05, 3.63) is 29.8 Å². The summed E-state index contributed by atoms with van der Waals surface area (Å²) in [4.78, 5) is 11.0. The number of esters is 1. The minimum Gasteiger partial charge on any atom is -0.463 e. The molecule has 1 aromatic rings. The molecular formula is C10H9F3O2S. The van der Waals surface area contributed by atoms with Gasteiger partial charge in [0.2, 0.25) is 5.50 Å². The van der Waals surface area contributed by atoms with Crippen LogP contribution in [0.2, 0.25) is 0 Å². The zero-order valence-electron chi connectivity index (χ0n) is 8.38. The van der Waals surface area contributed by atoms with Gasteiger partial charge in [-0.05, 0) is 25.1 Å². The molecule has 0 aliphatic rings. The normalized spacial score (nSPS) is 12.2. The Balaban J connectivity index is 2.66. The number of ether oxygens (including phenoxy) is 1. The van der Waals surface area contributed by atoms with Crippen molar-refractivity contribution in [1.29, 1.82) is 0 Å². The van der Waals surface area contributed by atoms with E-state index in [1.54, 1.807) is 6.92 Å². The van der Waals surface area contributed by atoms with Crippen molar-refractivity contribution >= 4 is 17.7 Å². The zero-order valence-corrected chi connectivity index (χ0v) is 9.19. The lowest BCUT2D eigenvalue weighted by atomic mass is 10.3. The molecule has 0 aliphatic carbocycles. The Kier molecular flexibility index (Phi) is 4.67. The average molecular weight is 250 g/mol. The van der Waals surface area contributed by atoms with Crippen LogP contribution in [-0.4, -0.2) is 18.1 Å². The van der Waals surface area contributed by atoms with Crippen LogP contribution in [0.15, 0.2) is 23.1 Å². The van der Waals surface area contributed by atoms with E-state index in [9.17, 15) is 18.0 Å². The van der Waals surface area contributed by atoms with E-state index < -0.39 is 23.1 Å². The smallest absolute Gasteiger partial charge is 0.351 e. The maximum absolute atomic E-state index is 13.2. The molecule has 0 amide bonds. The number of hydrogen-bond acceptors (Lipinski definition) is 3. The van der Waals surface area contributed by atoms with Gasteiger partial charge in [0.1, 0.15) is 0 Å². The monoisotopic (exact) mass is 250 g/mol. The molecule has 0 bridgehead atoms. The molecule has 0 N–H and O–H groups in total. The van der Waals surface area contributed by atoms with Gasteiger partial charge in [0.05, 0.1) is 6.61 Å². The molecule has 0 heterocycles. The first kappa shape index (κ1) is 12.9. The van der Waals surface area contributed by atoms with E-state index in [1.807, 2.05) is 0 Å². The summed E-state index contributed by atoms with van der Waals surface area (Å²) in [5.41, 5.74) is -1.94. The van der Waals surface area contributed by atoms with Crippen LogP contribution in [0.5, 0.6) is 0 Å². The van der Waals surface area contributed by atoms with Crippen LogP contribution in [0, 0.1) is 11.6 Å². The van der Waals surface area contributed by atoms with Gasteiger partial charge in [0.25, 0.3) is 0 Å². The number of rotatable bonds is 4. The highest BCUT2D eigenvalue weighted by atomic mass is 32.2. The van der Waals surface area contributed by atoms with E-state index in [2.05, 4.69) is 4.74 Å². The second-order valence-corrected chi connectivity index (χ2v) is 3.88. The average Bonchev–Trinajstić information content (AvgIpc) is 2.24. The van der Waals surface area contributed by atoms with Crippen LogP contribution in [0.3, 0.4) is 0 Å². The van der Waals surface area contributed by atoms with Gasteiger partial charge < -0.3 is 4.74 Å². The van der Waals surface area contributed by atoms with Crippen molar-refractivity contribution in [2.24, 2.45) is 0 Å². The summed E-state index contributed by atoms with van der Waals surface area (Å²) in [7, 11) is 0. The molecule has 0 spiro atoms. The Bertz CT molecular complexity index is 384. The molecule has 0 aromatic heterocycles. The minimum atomic E-state index is -1.94. The zero-order chi connectivity index (χ0) is 12.1. The second kappa shape index (κ2) is 5.79. The first-order chi connectivity index (χ1) is 7.54. The van der Waals surface area contributed by atoms with Crippen molar-refractivity contribution in [2.45, 2.75) is 17.3 Å². The first-order valence-electron chi connectivity index (χ1n) is 4.47. The highest BCUT2D eigenvalue weighted by molar-refractivity contribution is 8.00. The van der Waals surface area contributed by atoms with Crippen molar-refractivity contribution in [1.82, 2.24) is 0 Å². The topological polar surface area (TPSA) is 26.3 Å². The molecule has 1 rings (SSSR count). The number of thioether (sulfide) groups is 1. The molecule has 1 aromatic carbocycles. The van der Waals surface area contributed by atoms with Gasteiger partial charge in [0.15, 0.2) is 11.6 Å². The van der Waals surface area contributed by atoms with E-state index in [-0.39, 0.29) is 11.5 Å². The summed E-state index contributed by atoms with van der Waals surface area (Å²) in [6.07, 6.45) is 0. The maximum atomic E-state index is 13.2. The van der Waals surface area contributed by atoms with Gasteiger partial charge in [-0.1, -0.05) is 11.8 Å². The highest BCUT2D eigenvalue weighted by Crippen LogP contribution is 2.26. The molecule has 88 valence electrons. The molecule has 0 radical (unpaired) electrons. The van der Waals surface area contributed by atoms with Crippen molar-refractivity contribution < 1.29 is 22.7 Å². The molecule has 0 aliphatic heterocycles. The summed E-state index contributed by atoms with van der Waals surface area (Å²) in [6, 6.07) is 2.89. The predicted octanol–water partition coefficient (Wildman–Crippen LogP) is 2.92. The standard InChI is InChI=1S/C10H9F3O2S/c1-2-15-10(14)9(13)16-6-3-4-7(11)8(12)5-6/h3-5,9H,2H2,1H3. The summed E-state index contributed by atoms with van der Waals surface area (Å²) < 4.78 is 42.9. The molecule has 0 saturated heterocycles. The molecule has 0 saturated carbocycles. The number of hydrogen-bond donors (Lipinski definition) is 0. The van der Waals surface area contributed by atoms with Gasteiger partial charge in [-0.2, -0.15) is 0 Å². The molecule has 0 fully saturated rings. The van der Waals surface area contributed by atoms with Gasteiger partial charge >= 0.3 is 5.97 Å². The first-order valence-corrected chi connectivity index (χ1v) is 5.35. The lowest BCUT2D eigenvalue weighted by molar-refractivity contribution is -0.145. The highest BCUT2D eigenvalue weighted by Gasteiger charge is 2.20. The van der Waals surface area contributed by atoms with Crippen molar-refractivity contribution in [3.63, 3.8) is 0 Å². The number of halogens is 3. The summed E-state index contributed by atoms with van der Waals surface area (Å²) in [5.74, 6) is -3.13. The molecule has 6 heteroatoms. The quantitative estimate of drug-likeness (QED) is 0.607. The Morgan fingerprint density at radius 3 is 2.69 bits per heavy atom. The third-order valence-corrected chi connectivity index (χ3v) is 2.53. The molecule has 1 atom stereocenters. The fourth-order valence-electron chi connectivity index (χ4n) is 0.926. The molecule has 2 nitrogen and oxygen atoms in total. The van der Waals surface area contributed by atoms with Crippen molar-refractivity contribution in [2.75, 3.05) is 6.61 Å². The van der Waals surface area contributed by atoms with E-state index in [0.29, 0.717) is 11.8 Å². The SMILES string of the molecule is CCOC(=O)C(F)Sc1ccc(F)c(F)c1. The van der Waals surface area contributed by atoms with Gasteiger partial charge in [0, 0.05) is 4.90 Å². The van der Waals surface area contributed by atoms with E-state index in [4.69, 9.17) is 0 Å².